The maximum absolute atomic E-state index is 12.5. The van der Waals surface area contributed by atoms with E-state index in [2.05, 4.69) is 10.6 Å². The van der Waals surface area contributed by atoms with Crippen LogP contribution in [0.1, 0.15) is 28.4 Å². The van der Waals surface area contributed by atoms with Crippen molar-refractivity contribution >= 4 is 23.4 Å². The van der Waals surface area contributed by atoms with Gasteiger partial charge in [0.05, 0.1) is 6.07 Å². The van der Waals surface area contributed by atoms with Gasteiger partial charge in [-0.15, -0.1) is 11.6 Å². The summed E-state index contributed by atoms with van der Waals surface area (Å²) >= 11 is 5.75. The number of carbonyl (C=O) groups excluding carboxylic acids is 2. The Bertz CT molecular complexity index is 829. The zero-order chi connectivity index (χ0) is 19.8. The number of nitrogens with zero attached hydrogens (tertiary/aromatic N) is 1. The molecule has 6 nitrogen and oxygen atoms in total. The van der Waals surface area contributed by atoms with Crippen molar-refractivity contribution in [2.24, 2.45) is 0 Å². The van der Waals surface area contributed by atoms with Crippen molar-refractivity contribution in [3.8, 4) is 11.8 Å². The van der Waals surface area contributed by atoms with Crippen LogP contribution in [-0.2, 0) is 17.1 Å². The van der Waals surface area contributed by atoms with Gasteiger partial charge in [0, 0.05) is 17.9 Å². The van der Waals surface area contributed by atoms with Gasteiger partial charge in [0.1, 0.15) is 17.8 Å². The van der Waals surface area contributed by atoms with Crippen LogP contribution in [0.15, 0.2) is 48.5 Å². The predicted molar refractivity (Wildman–Crippen MR) is 102 cm³/mol. The van der Waals surface area contributed by atoms with E-state index < -0.39 is 23.9 Å². The quantitative estimate of drug-likeness (QED) is 0.637. The minimum Gasteiger partial charge on any atom is -0.508 e. The van der Waals surface area contributed by atoms with E-state index in [9.17, 15) is 14.7 Å². The van der Waals surface area contributed by atoms with E-state index in [1.807, 2.05) is 6.07 Å². The predicted octanol–water partition coefficient (Wildman–Crippen LogP) is 2.50. The number of hydrogen-bond donors (Lipinski definition) is 3. The molecule has 0 fully saturated rings. The zero-order valence-corrected chi connectivity index (χ0v) is 15.5. The zero-order valence-electron chi connectivity index (χ0n) is 14.8. The molecule has 0 aliphatic rings. The maximum atomic E-state index is 12.5. The third-order valence-corrected chi connectivity index (χ3v) is 4.23. The van der Waals surface area contributed by atoms with Gasteiger partial charge in [0.25, 0.3) is 5.91 Å². The molecule has 140 valence electrons. The van der Waals surface area contributed by atoms with Crippen molar-refractivity contribution in [2.75, 3.05) is 0 Å². The molecular weight excluding hydrogens is 366 g/mol. The SMILES string of the molecule is CC(C#N)NC(=O)C(Cc1ccc(O)cc1)NC(=O)c1ccc(CCl)cc1. The molecule has 0 bridgehead atoms. The highest BCUT2D eigenvalue weighted by molar-refractivity contribution is 6.17. The number of halogens is 1. The van der Waals surface area contributed by atoms with Gasteiger partial charge in [-0.1, -0.05) is 24.3 Å². The average Bonchev–Trinajstić information content (AvgIpc) is 2.68. The van der Waals surface area contributed by atoms with Crippen LogP contribution in [-0.4, -0.2) is 29.0 Å². The van der Waals surface area contributed by atoms with E-state index in [0.717, 1.165) is 11.1 Å². The first-order valence-corrected chi connectivity index (χ1v) is 8.90. The van der Waals surface area contributed by atoms with Crippen LogP contribution in [0, 0.1) is 11.3 Å². The molecule has 0 aromatic heterocycles. The van der Waals surface area contributed by atoms with Crippen LogP contribution in [0.4, 0.5) is 0 Å². The number of amides is 2. The molecule has 0 aliphatic heterocycles. The first-order valence-electron chi connectivity index (χ1n) is 8.36. The van der Waals surface area contributed by atoms with Crippen LogP contribution in [0.25, 0.3) is 0 Å². The number of nitrogens with one attached hydrogen (secondary N) is 2. The highest BCUT2D eigenvalue weighted by Gasteiger charge is 2.23. The summed E-state index contributed by atoms with van der Waals surface area (Å²) in [6.45, 7) is 1.56. The molecule has 0 saturated heterocycles. The molecular formula is C20H20ClN3O3. The van der Waals surface area contributed by atoms with Crippen molar-refractivity contribution in [1.82, 2.24) is 10.6 Å². The molecule has 2 aromatic rings. The van der Waals surface area contributed by atoms with Crippen LogP contribution in [0.2, 0.25) is 0 Å². The minimum absolute atomic E-state index is 0.112. The summed E-state index contributed by atoms with van der Waals surface area (Å²) in [5.41, 5.74) is 2.05. The summed E-state index contributed by atoms with van der Waals surface area (Å²) in [6.07, 6.45) is 0.218. The summed E-state index contributed by atoms with van der Waals surface area (Å²) < 4.78 is 0. The topological polar surface area (TPSA) is 102 Å². The van der Waals surface area contributed by atoms with E-state index in [1.165, 1.54) is 12.1 Å². The number of alkyl halides is 1. The molecule has 2 atom stereocenters. The lowest BCUT2D eigenvalue weighted by atomic mass is 10.0. The lowest BCUT2D eigenvalue weighted by Gasteiger charge is -2.19. The van der Waals surface area contributed by atoms with E-state index in [-0.39, 0.29) is 12.2 Å². The van der Waals surface area contributed by atoms with Crippen LogP contribution in [0.3, 0.4) is 0 Å². The van der Waals surface area contributed by atoms with Crippen molar-refractivity contribution in [3.05, 3.63) is 65.2 Å². The fourth-order valence-corrected chi connectivity index (χ4v) is 2.59. The number of aromatic hydroxyl groups is 1. The normalized spacial score (nSPS) is 12.5. The largest absolute Gasteiger partial charge is 0.508 e. The third-order valence-electron chi connectivity index (χ3n) is 3.92. The second kappa shape index (κ2) is 9.60. The molecule has 2 unspecified atom stereocenters. The van der Waals surface area contributed by atoms with Crippen molar-refractivity contribution in [2.45, 2.75) is 31.3 Å². The van der Waals surface area contributed by atoms with E-state index in [4.69, 9.17) is 16.9 Å². The molecule has 0 heterocycles. The molecule has 2 amide bonds. The summed E-state index contributed by atoms with van der Waals surface area (Å²) in [5, 5.41) is 23.6. The smallest absolute Gasteiger partial charge is 0.251 e. The van der Waals surface area contributed by atoms with Crippen molar-refractivity contribution in [1.29, 1.82) is 5.26 Å². The van der Waals surface area contributed by atoms with Crippen LogP contribution < -0.4 is 10.6 Å². The Hall–Kier alpha value is -3.04. The van der Waals surface area contributed by atoms with Gasteiger partial charge in [-0.2, -0.15) is 5.26 Å². The van der Waals surface area contributed by atoms with E-state index in [0.29, 0.717) is 11.4 Å². The standard InChI is InChI=1S/C20H20ClN3O3/c1-13(12-22)23-20(27)18(10-14-4-8-17(25)9-5-14)24-19(26)16-6-2-15(11-21)3-7-16/h2-9,13,18,25H,10-11H2,1H3,(H,23,27)(H,24,26). The molecule has 2 aromatic carbocycles. The van der Waals surface area contributed by atoms with E-state index in [1.54, 1.807) is 43.3 Å². The molecule has 2 rings (SSSR count). The Morgan fingerprint density at radius 3 is 2.22 bits per heavy atom. The van der Waals surface area contributed by atoms with Crippen molar-refractivity contribution < 1.29 is 14.7 Å². The van der Waals surface area contributed by atoms with Crippen LogP contribution in [0.5, 0.6) is 5.75 Å². The van der Waals surface area contributed by atoms with Gasteiger partial charge in [0.2, 0.25) is 5.91 Å². The molecule has 0 radical (unpaired) electrons. The Morgan fingerprint density at radius 1 is 1.07 bits per heavy atom. The molecule has 27 heavy (non-hydrogen) atoms. The lowest BCUT2D eigenvalue weighted by Crippen LogP contribution is -2.50. The first-order chi connectivity index (χ1) is 12.9. The lowest BCUT2D eigenvalue weighted by molar-refractivity contribution is -0.123. The van der Waals surface area contributed by atoms with Gasteiger partial charge in [0.15, 0.2) is 0 Å². The molecule has 0 saturated carbocycles. The summed E-state index contributed by atoms with van der Waals surface area (Å²) in [6, 6.07) is 13.5. The van der Waals surface area contributed by atoms with Gasteiger partial charge >= 0.3 is 0 Å². The number of rotatable bonds is 7. The average molecular weight is 386 g/mol. The van der Waals surface area contributed by atoms with E-state index >= 15 is 0 Å². The Labute approximate surface area is 162 Å². The molecule has 0 spiro atoms. The van der Waals surface area contributed by atoms with Gasteiger partial charge in [-0.3, -0.25) is 9.59 Å². The third kappa shape index (κ3) is 6.01. The fourth-order valence-electron chi connectivity index (χ4n) is 2.41. The molecule has 7 heteroatoms. The highest BCUT2D eigenvalue weighted by atomic mass is 35.5. The Morgan fingerprint density at radius 2 is 1.67 bits per heavy atom. The Kier molecular flexibility index (Phi) is 7.21. The maximum Gasteiger partial charge on any atom is 0.251 e. The number of carbonyl (C=O) groups is 2. The van der Waals surface area contributed by atoms with Crippen LogP contribution >= 0.6 is 11.6 Å². The van der Waals surface area contributed by atoms with Gasteiger partial charge < -0.3 is 15.7 Å². The monoisotopic (exact) mass is 385 g/mol. The van der Waals surface area contributed by atoms with Gasteiger partial charge in [-0.05, 0) is 42.3 Å². The summed E-state index contributed by atoms with van der Waals surface area (Å²) in [5.74, 6) is -0.399. The fraction of sp³-hybridized carbons (Fsp3) is 0.250. The number of phenols is 1. The number of phenolic OH excluding ortho intramolecular Hbond substituents is 1. The highest BCUT2D eigenvalue weighted by Crippen LogP contribution is 2.12. The minimum atomic E-state index is -0.870. The van der Waals surface area contributed by atoms with Crippen molar-refractivity contribution in [3.63, 3.8) is 0 Å². The van der Waals surface area contributed by atoms with Gasteiger partial charge in [-0.25, -0.2) is 0 Å². The number of benzene rings is 2. The molecule has 0 aliphatic carbocycles. The Balaban J connectivity index is 2.16. The molecule has 3 N–H and O–H groups in total. The summed E-state index contributed by atoms with van der Waals surface area (Å²) in [4.78, 5) is 25.0. The second-order valence-corrected chi connectivity index (χ2v) is 6.35. The first kappa shape index (κ1) is 20.3. The number of hydrogen-bond acceptors (Lipinski definition) is 4. The summed E-state index contributed by atoms with van der Waals surface area (Å²) in [7, 11) is 0. The second-order valence-electron chi connectivity index (χ2n) is 6.09. The number of nitriles is 1.